The molecule has 94 valence electrons. The molecule has 0 heterocycles. The first kappa shape index (κ1) is 12.7. The van der Waals surface area contributed by atoms with Crippen molar-refractivity contribution in [1.82, 2.24) is 0 Å². The molecule has 0 aliphatic heterocycles. The van der Waals surface area contributed by atoms with Crippen LogP contribution >= 0.6 is 0 Å². The molecular formula is C15H13N3O. The summed E-state index contributed by atoms with van der Waals surface area (Å²) in [5, 5.41) is 24.1. The van der Waals surface area contributed by atoms with E-state index in [1.54, 1.807) is 12.1 Å². The van der Waals surface area contributed by atoms with Gasteiger partial charge in [0.15, 0.2) is 5.71 Å². The van der Waals surface area contributed by atoms with Gasteiger partial charge in [-0.05, 0) is 30.7 Å². The summed E-state index contributed by atoms with van der Waals surface area (Å²) in [5.41, 5.74) is 3.32. The largest absolute Gasteiger partial charge is 0.410 e. The first-order valence-electron chi connectivity index (χ1n) is 5.80. The zero-order valence-corrected chi connectivity index (χ0v) is 10.5. The third-order valence-corrected chi connectivity index (χ3v) is 2.80. The Labute approximate surface area is 111 Å². The number of nitrogens with one attached hydrogen (secondary N) is 1. The molecule has 0 fully saturated rings. The van der Waals surface area contributed by atoms with E-state index in [9.17, 15) is 0 Å². The number of anilines is 2. The summed E-state index contributed by atoms with van der Waals surface area (Å²) in [5.74, 6) is 0. The standard InChI is InChI=1S/C15H13N3O/c1-11-6-2-4-8-13(11)17-14-9-5-3-7-12(14)15(10-16)18-19/h2-9,17,19H,1H3/b18-15-. The Bertz CT molecular complexity index is 656. The molecule has 4 nitrogen and oxygen atoms in total. The maximum absolute atomic E-state index is 8.96. The molecule has 4 heteroatoms. The van der Waals surface area contributed by atoms with E-state index in [0.29, 0.717) is 5.56 Å². The van der Waals surface area contributed by atoms with Gasteiger partial charge >= 0.3 is 0 Å². The van der Waals surface area contributed by atoms with Crippen molar-refractivity contribution in [3.8, 4) is 6.07 Å². The first-order chi connectivity index (χ1) is 9.26. The quantitative estimate of drug-likeness (QED) is 0.498. The zero-order valence-electron chi connectivity index (χ0n) is 10.5. The first-order valence-corrected chi connectivity index (χ1v) is 5.80. The Balaban J connectivity index is 2.42. The maximum Gasteiger partial charge on any atom is 0.188 e. The molecule has 19 heavy (non-hydrogen) atoms. The van der Waals surface area contributed by atoms with Gasteiger partial charge in [0.1, 0.15) is 6.07 Å². The number of para-hydroxylation sites is 2. The fourth-order valence-corrected chi connectivity index (χ4v) is 1.79. The molecule has 2 N–H and O–H groups in total. The molecule has 0 unspecified atom stereocenters. The SMILES string of the molecule is Cc1ccccc1Nc1ccccc1/C(C#N)=N\O. The van der Waals surface area contributed by atoms with Crippen LogP contribution in [-0.2, 0) is 0 Å². The summed E-state index contributed by atoms with van der Waals surface area (Å²) in [6, 6.07) is 16.9. The van der Waals surface area contributed by atoms with Gasteiger partial charge in [-0.1, -0.05) is 35.5 Å². The summed E-state index contributed by atoms with van der Waals surface area (Å²) in [4.78, 5) is 0. The zero-order chi connectivity index (χ0) is 13.7. The van der Waals surface area contributed by atoms with Crippen molar-refractivity contribution >= 4 is 17.1 Å². The molecule has 2 aromatic carbocycles. The Morgan fingerprint density at radius 1 is 1.11 bits per heavy atom. The number of hydrogen-bond donors (Lipinski definition) is 2. The molecule has 0 aromatic heterocycles. The predicted octanol–water partition coefficient (Wildman–Crippen LogP) is 3.44. The van der Waals surface area contributed by atoms with Gasteiger partial charge in [0.25, 0.3) is 0 Å². The van der Waals surface area contributed by atoms with Gasteiger partial charge in [-0.25, -0.2) is 0 Å². The fraction of sp³-hybridized carbons (Fsp3) is 0.0667. The van der Waals surface area contributed by atoms with Crippen LogP contribution < -0.4 is 5.32 Å². The molecule has 0 atom stereocenters. The molecule has 2 aromatic rings. The highest BCUT2D eigenvalue weighted by Gasteiger charge is 2.09. The van der Waals surface area contributed by atoms with Crippen molar-refractivity contribution in [3.63, 3.8) is 0 Å². The lowest BCUT2D eigenvalue weighted by Crippen LogP contribution is -2.03. The smallest absolute Gasteiger partial charge is 0.188 e. The Morgan fingerprint density at radius 3 is 2.37 bits per heavy atom. The van der Waals surface area contributed by atoms with E-state index >= 15 is 0 Å². The van der Waals surface area contributed by atoms with Crippen LogP contribution in [0, 0.1) is 18.3 Å². The Hall–Kier alpha value is -2.80. The van der Waals surface area contributed by atoms with Crippen molar-refractivity contribution in [2.75, 3.05) is 5.32 Å². The van der Waals surface area contributed by atoms with Gasteiger partial charge in [0.05, 0.1) is 0 Å². The summed E-state index contributed by atoms with van der Waals surface area (Å²) in [6.45, 7) is 2.00. The molecule has 2 rings (SSSR count). The maximum atomic E-state index is 8.96. The van der Waals surface area contributed by atoms with Crippen LogP contribution in [0.15, 0.2) is 53.7 Å². The number of rotatable bonds is 3. The van der Waals surface area contributed by atoms with E-state index in [1.807, 2.05) is 49.4 Å². The van der Waals surface area contributed by atoms with Crippen LogP contribution in [0.1, 0.15) is 11.1 Å². The highest BCUT2D eigenvalue weighted by Crippen LogP contribution is 2.23. The lowest BCUT2D eigenvalue weighted by Gasteiger charge is -2.12. The van der Waals surface area contributed by atoms with Crippen LogP contribution in [0.2, 0.25) is 0 Å². The number of benzene rings is 2. The molecule has 0 saturated heterocycles. The summed E-state index contributed by atoms with van der Waals surface area (Å²) >= 11 is 0. The van der Waals surface area contributed by atoms with Crippen molar-refractivity contribution in [2.45, 2.75) is 6.92 Å². The van der Waals surface area contributed by atoms with Gasteiger partial charge in [0, 0.05) is 16.9 Å². The number of hydrogen-bond acceptors (Lipinski definition) is 4. The number of oxime groups is 1. The molecule has 0 saturated carbocycles. The average molecular weight is 251 g/mol. The van der Waals surface area contributed by atoms with Gasteiger partial charge < -0.3 is 10.5 Å². The monoisotopic (exact) mass is 251 g/mol. The summed E-state index contributed by atoms with van der Waals surface area (Å²) in [6.07, 6.45) is 0. The minimum absolute atomic E-state index is 0.0170. The van der Waals surface area contributed by atoms with E-state index in [0.717, 1.165) is 16.9 Å². The third kappa shape index (κ3) is 2.72. The molecule has 0 aliphatic carbocycles. The van der Waals surface area contributed by atoms with Crippen LogP contribution in [0.5, 0.6) is 0 Å². The van der Waals surface area contributed by atoms with Gasteiger partial charge in [-0.15, -0.1) is 0 Å². The third-order valence-electron chi connectivity index (χ3n) is 2.80. The van der Waals surface area contributed by atoms with E-state index in [4.69, 9.17) is 10.5 Å². The minimum Gasteiger partial charge on any atom is -0.410 e. The molecular weight excluding hydrogens is 238 g/mol. The van der Waals surface area contributed by atoms with Crippen molar-refractivity contribution in [1.29, 1.82) is 5.26 Å². The minimum atomic E-state index is -0.0170. The molecule has 0 aliphatic rings. The van der Waals surface area contributed by atoms with Crippen LogP contribution in [0.3, 0.4) is 0 Å². The predicted molar refractivity (Wildman–Crippen MR) is 74.8 cm³/mol. The normalized spacial score (nSPS) is 10.8. The van der Waals surface area contributed by atoms with Crippen molar-refractivity contribution < 1.29 is 5.21 Å². The molecule has 0 radical (unpaired) electrons. The van der Waals surface area contributed by atoms with E-state index in [1.165, 1.54) is 0 Å². The number of nitriles is 1. The highest BCUT2D eigenvalue weighted by atomic mass is 16.4. The van der Waals surface area contributed by atoms with E-state index < -0.39 is 0 Å². The molecule has 0 spiro atoms. The van der Waals surface area contributed by atoms with Crippen LogP contribution in [0.4, 0.5) is 11.4 Å². The molecule has 0 bridgehead atoms. The highest BCUT2D eigenvalue weighted by molar-refractivity contribution is 6.14. The van der Waals surface area contributed by atoms with Crippen molar-refractivity contribution in [2.24, 2.45) is 5.16 Å². The average Bonchev–Trinajstić information content (AvgIpc) is 2.44. The Kier molecular flexibility index (Phi) is 3.79. The van der Waals surface area contributed by atoms with Gasteiger partial charge in [0.2, 0.25) is 0 Å². The second kappa shape index (κ2) is 5.69. The van der Waals surface area contributed by atoms with E-state index in [-0.39, 0.29) is 5.71 Å². The topological polar surface area (TPSA) is 68.4 Å². The second-order valence-corrected chi connectivity index (χ2v) is 4.05. The van der Waals surface area contributed by atoms with Crippen LogP contribution in [-0.4, -0.2) is 10.9 Å². The lowest BCUT2D eigenvalue weighted by molar-refractivity contribution is 0.320. The van der Waals surface area contributed by atoms with Crippen molar-refractivity contribution in [3.05, 3.63) is 59.7 Å². The van der Waals surface area contributed by atoms with Gasteiger partial charge in [-0.3, -0.25) is 0 Å². The fourth-order valence-electron chi connectivity index (χ4n) is 1.79. The number of nitrogens with zero attached hydrogens (tertiary/aromatic N) is 2. The summed E-state index contributed by atoms with van der Waals surface area (Å²) in [7, 11) is 0. The van der Waals surface area contributed by atoms with Crippen LogP contribution in [0.25, 0.3) is 0 Å². The summed E-state index contributed by atoms with van der Waals surface area (Å²) < 4.78 is 0. The number of aryl methyl sites for hydroxylation is 1. The molecule has 0 amide bonds. The second-order valence-electron chi connectivity index (χ2n) is 4.05. The van der Waals surface area contributed by atoms with Gasteiger partial charge in [-0.2, -0.15) is 5.26 Å². The Morgan fingerprint density at radius 2 is 1.74 bits per heavy atom. The van der Waals surface area contributed by atoms with E-state index in [2.05, 4.69) is 10.5 Å². The lowest BCUT2D eigenvalue weighted by atomic mass is 10.1.